The summed E-state index contributed by atoms with van der Waals surface area (Å²) in [5.41, 5.74) is -2.16. The third kappa shape index (κ3) is 6.75. The lowest BCUT2D eigenvalue weighted by atomic mass is 9.54. The topological polar surface area (TPSA) is 32.8 Å². The van der Waals surface area contributed by atoms with E-state index in [0.717, 1.165) is 36.1 Å². The Morgan fingerprint density at radius 3 is 1.91 bits per heavy atom. The van der Waals surface area contributed by atoms with Crippen molar-refractivity contribution >= 4 is 6.03 Å². The minimum absolute atomic E-state index is 0.0338. The summed E-state index contributed by atoms with van der Waals surface area (Å²) in [7, 11) is 0. The van der Waals surface area contributed by atoms with Gasteiger partial charge in [0, 0.05) is 30.6 Å². The van der Waals surface area contributed by atoms with Crippen LogP contribution in [-0.4, -0.2) is 41.1 Å². The molecular formula is C34H36F6N2O2. The number of halogens is 6. The molecule has 2 amide bonds. The first-order valence-corrected chi connectivity index (χ1v) is 14.8. The molecule has 0 N–H and O–H groups in total. The molecule has 1 aliphatic heterocycles. The summed E-state index contributed by atoms with van der Waals surface area (Å²) in [4.78, 5) is 17.6. The highest BCUT2D eigenvalue weighted by Gasteiger charge is 2.57. The van der Waals surface area contributed by atoms with Gasteiger partial charge in [0.15, 0.2) is 0 Å². The number of likely N-dealkylation sites (tertiary alicyclic amines) is 1. The maximum Gasteiger partial charge on any atom is 0.416 e. The monoisotopic (exact) mass is 618 g/mol. The fourth-order valence-electron chi connectivity index (χ4n) is 6.71. The second-order valence-electron chi connectivity index (χ2n) is 12.3. The molecule has 4 nitrogen and oxygen atoms in total. The molecule has 44 heavy (non-hydrogen) atoms. The third-order valence-electron chi connectivity index (χ3n) is 8.96. The molecule has 236 valence electrons. The zero-order valence-electron chi connectivity index (χ0n) is 24.7. The summed E-state index contributed by atoms with van der Waals surface area (Å²) in [6, 6.07) is 20.8. The fourth-order valence-corrected chi connectivity index (χ4v) is 6.71. The van der Waals surface area contributed by atoms with Gasteiger partial charge in [-0.05, 0) is 74.4 Å². The van der Waals surface area contributed by atoms with Gasteiger partial charge in [-0.3, -0.25) is 0 Å². The van der Waals surface area contributed by atoms with E-state index in [9.17, 15) is 31.1 Å². The quantitative estimate of drug-likeness (QED) is 0.236. The Bertz CT molecular complexity index is 1400. The van der Waals surface area contributed by atoms with Crippen molar-refractivity contribution in [1.29, 1.82) is 0 Å². The first-order chi connectivity index (χ1) is 20.7. The number of alkyl halides is 6. The molecule has 10 heteroatoms. The van der Waals surface area contributed by atoms with Crippen molar-refractivity contribution in [2.45, 2.75) is 75.5 Å². The van der Waals surface area contributed by atoms with Gasteiger partial charge in [0.25, 0.3) is 0 Å². The normalized spacial score (nSPS) is 22.9. The van der Waals surface area contributed by atoms with Crippen molar-refractivity contribution < 1.29 is 35.9 Å². The molecule has 1 heterocycles. The summed E-state index contributed by atoms with van der Waals surface area (Å²) >= 11 is 0. The molecule has 2 fully saturated rings. The van der Waals surface area contributed by atoms with Crippen molar-refractivity contribution in [3.63, 3.8) is 0 Å². The molecule has 0 radical (unpaired) electrons. The van der Waals surface area contributed by atoms with Crippen LogP contribution in [0.3, 0.4) is 0 Å². The van der Waals surface area contributed by atoms with E-state index in [0.29, 0.717) is 32.5 Å². The number of rotatable bonds is 8. The zero-order valence-corrected chi connectivity index (χ0v) is 24.7. The van der Waals surface area contributed by atoms with Crippen molar-refractivity contribution in [3.8, 4) is 0 Å². The Labute approximate surface area is 253 Å². The van der Waals surface area contributed by atoms with Crippen LogP contribution >= 0.6 is 0 Å². The van der Waals surface area contributed by atoms with Gasteiger partial charge in [-0.15, -0.1) is 0 Å². The minimum atomic E-state index is -4.94. The number of hydrogen-bond donors (Lipinski definition) is 0. The van der Waals surface area contributed by atoms with E-state index in [1.807, 2.05) is 77.4 Å². The number of ether oxygens (including phenoxy) is 1. The van der Waals surface area contributed by atoms with Gasteiger partial charge in [-0.1, -0.05) is 60.7 Å². The van der Waals surface area contributed by atoms with Gasteiger partial charge in [0.1, 0.15) is 0 Å². The minimum Gasteiger partial charge on any atom is -0.373 e. The van der Waals surface area contributed by atoms with Gasteiger partial charge in [0.05, 0.1) is 23.8 Å². The first-order valence-electron chi connectivity index (χ1n) is 14.8. The van der Waals surface area contributed by atoms with E-state index in [4.69, 9.17) is 4.74 Å². The average Bonchev–Trinajstić information content (AvgIpc) is 3.52. The maximum absolute atomic E-state index is 13.9. The smallest absolute Gasteiger partial charge is 0.373 e. The molecule has 1 atom stereocenters. The lowest BCUT2D eigenvalue weighted by Gasteiger charge is -2.59. The summed E-state index contributed by atoms with van der Waals surface area (Å²) in [5.74, 6) is 0. The summed E-state index contributed by atoms with van der Waals surface area (Å²) in [6.07, 6.45) is -8.00. The Morgan fingerprint density at radius 1 is 0.864 bits per heavy atom. The van der Waals surface area contributed by atoms with Crippen LogP contribution in [0.25, 0.3) is 0 Å². The largest absolute Gasteiger partial charge is 0.416 e. The SMILES string of the molecule is C[C@@H](OCC1(c2ccccc2)CC(C)(N(Cc2ccccc2)C(=O)N2CCCC2)C1)c1cc(C(F)(F)F)cc(C(F)(F)F)c1. The highest BCUT2D eigenvalue weighted by atomic mass is 19.4. The van der Waals surface area contributed by atoms with Gasteiger partial charge in [0.2, 0.25) is 0 Å². The summed E-state index contributed by atoms with van der Waals surface area (Å²) in [5, 5.41) is 0. The molecular weight excluding hydrogens is 582 g/mol. The van der Waals surface area contributed by atoms with Crippen LogP contribution in [0.15, 0.2) is 78.9 Å². The van der Waals surface area contributed by atoms with E-state index in [2.05, 4.69) is 0 Å². The Kier molecular flexibility index (Phi) is 8.77. The van der Waals surface area contributed by atoms with E-state index in [-0.39, 0.29) is 24.3 Å². The molecule has 3 aromatic carbocycles. The summed E-state index contributed by atoms with van der Waals surface area (Å²) < 4.78 is 87.2. The van der Waals surface area contributed by atoms with Crippen molar-refractivity contribution in [2.24, 2.45) is 0 Å². The molecule has 0 unspecified atom stereocenters. The Balaban J connectivity index is 1.42. The molecule has 0 spiro atoms. The predicted molar refractivity (Wildman–Crippen MR) is 155 cm³/mol. The number of benzene rings is 3. The summed E-state index contributed by atoms with van der Waals surface area (Å²) in [6.45, 7) is 5.37. The number of urea groups is 1. The lowest BCUT2D eigenvalue weighted by Crippen LogP contribution is -2.66. The van der Waals surface area contributed by atoms with Crippen molar-refractivity contribution in [2.75, 3.05) is 19.7 Å². The predicted octanol–water partition coefficient (Wildman–Crippen LogP) is 9.01. The van der Waals surface area contributed by atoms with Crippen LogP contribution in [0, 0.1) is 0 Å². The Morgan fingerprint density at radius 2 is 1.39 bits per heavy atom. The number of amides is 2. The van der Waals surface area contributed by atoms with E-state index in [1.165, 1.54) is 6.92 Å². The molecule has 1 saturated carbocycles. The maximum atomic E-state index is 13.9. The average molecular weight is 619 g/mol. The molecule has 1 aliphatic carbocycles. The van der Waals surface area contributed by atoms with Crippen LogP contribution in [0.1, 0.15) is 73.5 Å². The fraction of sp³-hybridized carbons (Fsp3) is 0.441. The number of hydrogen-bond acceptors (Lipinski definition) is 2. The zero-order chi connectivity index (χ0) is 31.8. The number of carbonyl (C=O) groups is 1. The second-order valence-corrected chi connectivity index (χ2v) is 12.3. The molecule has 5 rings (SSSR count). The van der Waals surface area contributed by atoms with Crippen molar-refractivity contribution in [1.82, 2.24) is 9.80 Å². The highest BCUT2D eigenvalue weighted by Crippen LogP contribution is 2.54. The van der Waals surface area contributed by atoms with Crippen LogP contribution in [-0.2, 0) is 29.0 Å². The molecule has 3 aromatic rings. The van der Waals surface area contributed by atoms with Crippen molar-refractivity contribution in [3.05, 3.63) is 107 Å². The van der Waals surface area contributed by atoms with E-state index < -0.39 is 40.5 Å². The Hall–Kier alpha value is -3.53. The van der Waals surface area contributed by atoms with Gasteiger partial charge < -0.3 is 14.5 Å². The molecule has 0 bridgehead atoms. The molecule has 0 aromatic heterocycles. The van der Waals surface area contributed by atoms with Crippen LogP contribution in [0.2, 0.25) is 0 Å². The highest BCUT2D eigenvalue weighted by molar-refractivity contribution is 5.76. The number of carbonyl (C=O) groups excluding carboxylic acids is 1. The van der Waals surface area contributed by atoms with Crippen LogP contribution < -0.4 is 0 Å². The first kappa shape index (κ1) is 31.9. The molecule has 2 aliphatic rings. The van der Waals surface area contributed by atoms with Gasteiger partial charge in [-0.25, -0.2) is 4.79 Å². The molecule has 1 saturated heterocycles. The van der Waals surface area contributed by atoms with E-state index >= 15 is 0 Å². The van der Waals surface area contributed by atoms with Crippen LogP contribution in [0.5, 0.6) is 0 Å². The lowest BCUT2D eigenvalue weighted by molar-refractivity contribution is -0.143. The van der Waals surface area contributed by atoms with Crippen LogP contribution in [0.4, 0.5) is 31.1 Å². The second kappa shape index (κ2) is 12.1. The third-order valence-corrected chi connectivity index (χ3v) is 8.96. The van der Waals surface area contributed by atoms with E-state index in [1.54, 1.807) is 0 Å². The standard InChI is InChI=1S/C34H36F6N2O2/c1-24(26-17-28(33(35,36)37)19-29(18-26)34(38,39)40)44-23-32(27-13-7-4-8-14-27)21-31(2,22-32)42(20-25-11-5-3-6-12-25)30(43)41-15-9-10-16-41/h3-8,11-14,17-19,24H,9-10,15-16,20-23H2,1-2H3/t24-,31?,32?/m1/s1. The van der Waals surface area contributed by atoms with Gasteiger partial charge in [-0.2, -0.15) is 26.3 Å². The van der Waals surface area contributed by atoms with Gasteiger partial charge >= 0.3 is 18.4 Å². The number of nitrogens with zero attached hydrogens (tertiary/aromatic N) is 2.